The summed E-state index contributed by atoms with van der Waals surface area (Å²) >= 11 is 5.76. The molecule has 2 aromatic carbocycles. The monoisotopic (exact) mass is 370 g/mol. The minimum absolute atomic E-state index is 0.133. The van der Waals surface area contributed by atoms with Crippen LogP contribution < -0.4 is 0 Å². The number of rotatable bonds is 3. The predicted molar refractivity (Wildman–Crippen MR) is 84.0 cm³/mol. The van der Waals surface area contributed by atoms with E-state index in [4.69, 9.17) is 16.4 Å². The molecule has 0 aromatic heterocycles. The van der Waals surface area contributed by atoms with E-state index in [1.54, 1.807) is 0 Å². The Morgan fingerprint density at radius 2 is 1.72 bits per heavy atom. The van der Waals surface area contributed by atoms with Crippen LogP contribution >= 0.6 is 11.6 Å². The Kier molecular flexibility index (Phi) is 4.16. The molecule has 0 bridgehead atoms. The minimum Gasteiger partial charge on any atom is -0.366 e. The van der Waals surface area contributed by atoms with E-state index in [9.17, 15) is 23.3 Å². The molecule has 0 spiro atoms. The van der Waals surface area contributed by atoms with E-state index in [1.165, 1.54) is 42.5 Å². The molecule has 2 atom stereocenters. The number of benzene rings is 2. The second kappa shape index (κ2) is 6.03. The van der Waals surface area contributed by atoms with E-state index < -0.39 is 34.0 Å². The highest BCUT2D eigenvalue weighted by atomic mass is 35.5. The van der Waals surface area contributed by atoms with Crippen molar-refractivity contribution in [3.05, 3.63) is 80.9 Å². The number of nitro groups is 1. The van der Waals surface area contributed by atoms with Crippen LogP contribution in [0.15, 0.2) is 59.8 Å². The molecule has 0 radical (unpaired) electrons. The van der Waals surface area contributed by atoms with E-state index in [-0.39, 0.29) is 5.56 Å². The van der Waals surface area contributed by atoms with Gasteiger partial charge in [0, 0.05) is 21.1 Å². The Balaban J connectivity index is 2.18. The van der Waals surface area contributed by atoms with Crippen LogP contribution in [0.3, 0.4) is 0 Å². The van der Waals surface area contributed by atoms with Crippen molar-refractivity contribution in [3.8, 4) is 0 Å². The third-order valence-corrected chi connectivity index (χ3v) is 4.16. The lowest BCUT2D eigenvalue weighted by molar-refractivity contribution is -0.540. The second-order valence-corrected chi connectivity index (χ2v) is 5.80. The maximum atomic E-state index is 13.9. The van der Waals surface area contributed by atoms with Crippen LogP contribution in [0.25, 0.3) is 0 Å². The fourth-order valence-electron chi connectivity index (χ4n) is 2.76. The summed E-state index contributed by atoms with van der Waals surface area (Å²) in [6.07, 6.45) is -5.07. The molecule has 25 heavy (non-hydrogen) atoms. The zero-order valence-corrected chi connectivity index (χ0v) is 13.2. The number of alkyl halides is 3. The van der Waals surface area contributed by atoms with Crippen molar-refractivity contribution >= 4 is 17.3 Å². The van der Waals surface area contributed by atoms with Crippen molar-refractivity contribution in [2.45, 2.75) is 17.8 Å². The molecule has 1 aliphatic rings. The molecule has 2 unspecified atom stereocenters. The minimum atomic E-state index is -5.07. The third-order valence-electron chi connectivity index (χ3n) is 3.91. The summed E-state index contributed by atoms with van der Waals surface area (Å²) in [5.74, 6) is 0. The maximum absolute atomic E-state index is 13.9. The molecule has 0 amide bonds. The predicted octanol–water partition coefficient (Wildman–Crippen LogP) is 4.18. The molecular weight excluding hydrogens is 361 g/mol. The van der Waals surface area contributed by atoms with E-state index in [0.717, 1.165) is 12.1 Å². The molecule has 0 saturated heterocycles. The van der Waals surface area contributed by atoms with Gasteiger partial charge in [0.25, 0.3) is 0 Å². The summed E-state index contributed by atoms with van der Waals surface area (Å²) in [6, 6.07) is 9.75. The molecule has 130 valence electrons. The van der Waals surface area contributed by atoms with Gasteiger partial charge in [0.2, 0.25) is 0 Å². The topological polar surface area (TPSA) is 64.7 Å². The Morgan fingerprint density at radius 3 is 2.24 bits per heavy atom. The third kappa shape index (κ3) is 2.72. The molecule has 3 rings (SSSR count). The molecule has 0 N–H and O–H groups in total. The first kappa shape index (κ1) is 17.2. The van der Waals surface area contributed by atoms with Crippen molar-refractivity contribution < 1.29 is 22.9 Å². The molecule has 0 aliphatic carbocycles. The molecule has 0 fully saturated rings. The molecular formula is C16H10ClF3N2O3. The van der Waals surface area contributed by atoms with Gasteiger partial charge in [-0.3, -0.25) is 10.1 Å². The van der Waals surface area contributed by atoms with Gasteiger partial charge in [-0.1, -0.05) is 59.2 Å². The number of hydrogen-bond acceptors (Lipinski definition) is 4. The average Bonchev–Trinajstić information content (AvgIpc) is 2.98. The van der Waals surface area contributed by atoms with E-state index in [0.29, 0.717) is 5.02 Å². The number of hydrogen-bond donors (Lipinski definition) is 0. The summed E-state index contributed by atoms with van der Waals surface area (Å²) in [4.78, 5) is 15.3. The van der Waals surface area contributed by atoms with Gasteiger partial charge in [-0.15, -0.1) is 0 Å². The van der Waals surface area contributed by atoms with Crippen molar-refractivity contribution in [1.29, 1.82) is 0 Å². The summed E-state index contributed by atoms with van der Waals surface area (Å²) in [5.41, 5.74) is -3.87. The Hall–Kier alpha value is -2.61. The number of oxime groups is 1. The smallest absolute Gasteiger partial charge is 0.366 e. The highest BCUT2D eigenvalue weighted by Crippen LogP contribution is 2.49. The summed E-state index contributed by atoms with van der Waals surface area (Å²) in [7, 11) is 0. The van der Waals surface area contributed by atoms with Crippen LogP contribution in [-0.2, 0) is 10.4 Å². The van der Waals surface area contributed by atoms with Crippen LogP contribution in [0.2, 0.25) is 5.02 Å². The van der Waals surface area contributed by atoms with Crippen LogP contribution in [0.1, 0.15) is 11.1 Å². The molecule has 5 nitrogen and oxygen atoms in total. The van der Waals surface area contributed by atoms with Gasteiger partial charge in [0.15, 0.2) is 5.71 Å². The number of halogens is 4. The zero-order chi connectivity index (χ0) is 18.2. The van der Waals surface area contributed by atoms with Gasteiger partial charge in [-0.05, 0) is 12.1 Å². The Labute approximate surface area is 144 Å². The van der Waals surface area contributed by atoms with E-state index in [2.05, 4.69) is 5.16 Å². The van der Waals surface area contributed by atoms with Crippen molar-refractivity contribution in [2.75, 3.05) is 0 Å². The molecule has 1 aliphatic heterocycles. The van der Waals surface area contributed by atoms with Crippen molar-refractivity contribution in [2.24, 2.45) is 5.16 Å². The van der Waals surface area contributed by atoms with Gasteiger partial charge >= 0.3 is 17.8 Å². The van der Waals surface area contributed by atoms with E-state index >= 15 is 0 Å². The maximum Gasteiger partial charge on any atom is 0.443 e. The standard InChI is InChI=1S/C16H10ClF3N2O3/c17-12-8-6-10(7-9-12)13-14(22(23)24)15(25-21-13,16(18,19)20)11-4-2-1-3-5-11/h1-9,14H. The summed E-state index contributed by atoms with van der Waals surface area (Å²) < 4.78 is 41.8. The molecule has 1 heterocycles. The van der Waals surface area contributed by atoms with Crippen molar-refractivity contribution in [3.63, 3.8) is 0 Å². The molecule has 0 saturated carbocycles. The first-order valence-corrected chi connectivity index (χ1v) is 7.43. The van der Waals surface area contributed by atoms with E-state index in [1.807, 2.05) is 0 Å². The highest BCUT2D eigenvalue weighted by molar-refractivity contribution is 6.30. The lowest BCUT2D eigenvalue weighted by atomic mass is 9.82. The molecule has 9 heteroatoms. The van der Waals surface area contributed by atoms with Crippen LogP contribution in [-0.4, -0.2) is 22.9 Å². The average molecular weight is 371 g/mol. The first-order chi connectivity index (χ1) is 11.8. The summed E-state index contributed by atoms with van der Waals surface area (Å²) in [6.45, 7) is 0. The SMILES string of the molecule is O=[N+]([O-])C1C(c2ccc(Cl)cc2)=NOC1(c1ccccc1)C(F)(F)F. The quantitative estimate of drug-likeness (QED) is 0.601. The zero-order valence-electron chi connectivity index (χ0n) is 12.4. The largest absolute Gasteiger partial charge is 0.443 e. The fraction of sp³-hybridized carbons (Fsp3) is 0.188. The number of nitrogens with zero attached hydrogens (tertiary/aromatic N) is 2. The Morgan fingerprint density at radius 1 is 1.12 bits per heavy atom. The van der Waals surface area contributed by atoms with Crippen molar-refractivity contribution in [1.82, 2.24) is 0 Å². The highest BCUT2D eigenvalue weighted by Gasteiger charge is 2.74. The molecule has 2 aromatic rings. The second-order valence-electron chi connectivity index (χ2n) is 5.36. The summed E-state index contributed by atoms with van der Waals surface area (Å²) in [5, 5.41) is 15.4. The van der Waals surface area contributed by atoms with Crippen LogP contribution in [0, 0.1) is 10.1 Å². The van der Waals surface area contributed by atoms with Gasteiger partial charge in [-0.25, -0.2) is 0 Å². The normalized spacial score (nSPS) is 23.0. The van der Waals surface area contributed by atoms with Gasteiger partial charge in [-0.2, -0.15) is 13.2 Å². The Bertz CT molecular complexity index is 825. The lowest BCUT2D eigenvalue weighted by Crippen LogP contribution is -2.55. The lowest BCUT2D eigenvalue weighted by Gasteiger charge is -2.30. The van der Waals surface area contributed by atoms with Gasteiger partial charge < -0.3 is 4.84 Å². The van der Waals surface area contributed by atoms with Gasteiger partial charge in [0.1, 0.15) is 0 Å². The first-order valence-electron chi connectivity index (χ1n) is 7.05. The fourth-order valence-corrected chi connectivity index (χ4v) is 2.89. The van der Waals surface area contributed by atoms with Gasteiger partial charge in [0.05, 0.1) is 0 Å². The van der Waals surface area contributed by atoms with Crippen LogP contribution in [0.5, 0.6) is 0 Å². The van der Waals surface area contributed by atoms with Crippen LogP contribution in [0.4, 0.5) is 13.2 Å².